The number of hydrazine groups is 1. The first-order valence-electron chi connectivity index (χ1n) is 14.6. The lowest BCUT2D eigenvalue weighted by molar-refractivity contribution is -0.395. The SMILES string of the molecule is CCC[N+](C(=Nn1c(SC)nnc(C)c1=O)NN1C(SC)=NNC(C)=C1[O-])=P(c1ccccc1)(c1ccccc1)c1ccccc1. The van der Waals surface area contributed by atoms with E-state index in [2.05, 4.69) is 73.8 Å². The number of allylic oxidation sites excluding steroid dienone is 1. The second-order valence-electron chi connectivity index (χ2n) is 10.2. The number of nitrogens with zero attached hydrogens (tertiary/aromatic N) is 7. The minimum absolute atomic E-state index is 0.201. The van der Waals surface area contributed by atoms with Crippen LogP contribution in [-0.4, -0.2) is 54.4 Å². The molecule has 4 aromatic rings. The number of aromatic nitrogens is 3. The molecule has 0 saturated heterocycles. The molecule has 2 heterocycles. The van der Waals surface area contributed by atoms with Gasteiger partial charge in [-0.3, -0.25) is 10.2 Å². The minimum Gasteiger partial charge on any atom is -0.856 e. The van der Waals surface area contributed by atoms with Crippen LogP contribution in [0.4, 0.5) is 0 Å². The molecule has 0 saturated carbocycles. The number of amidine groups is 1. The van der Waals surface area contributed by atoms with Gasteiger partial charge in [-0.05, 0) is 32.8 Å². The third-order valence-corrected chi connectivity index (χ3v) is 12.7. The predicted octanol–water partition coefficient (Wildman–Crippen LogP) is 2.98. The van der Waals surface area contributed by atoms with E-state index in [-0.39, 0.29) is 17.5 Å². The molecule has 0 unspecified atom stereocenters. The molecule has 0 atom stereocenters. The monoisotopic (exact) mass is 673 g/mol. The van der Waals surface area contributed by atoms with Crippen molar-refractivity contribution in [3.8, 4) is 0 Å². The van der Waals surface area contributed by atoms with Crippen molar-refractivity contribution in [2.75, 3.05) is 19.1 Å². The second kappa shape index (κ2) is 14.8. The molecule has 3 aromatic carbocycles. The van der Waals surface area contributed by atoms with E-state index in [4.69, 9.17) is 5.10 Å². The molecule has 0 aliphatic carbocycles. The molecule has 5 rings (SSSR count). The van der Waals surface area contributed by atoms with Gasteiger partial charge in [0.1, 0.15) is 5.69 Å². The fourth-order valence-corrected chi connectivity index (χ4v) is 10.4. The van der Waals surface area contributed by atoms with Gasteiger partial charge in [-0.2, -0.15) is 10.4 Å². The quantitative estimate of drug-likeness (QED) is 0.126. The van der Waals surface area contributed by atoms with Crippen molar-refractivity contribution in [1.29, 1.82) is 0 Å². The molecule has 0 spiro atoms. The van der Waals surface area contributed by atoms with Gasteiger partial charge < -0.3 is 5.11 Å². The molecule has 14 heteroatoms. The highest BCUT2D eigenvalue weighted by Crippen LogP contribution is 2.46. The molecular formula is C32H36N9O2PS2. The molecule has 1 aliphatic rings. The van der Waals surface area contributed by atoms with E-state index in [1.54, 1.807) is 13.8 Å². The Balaban J connectivity index is 2.01. The van der Waals surface area contributed by atoms with Crippen LogP contribution in [0.15, 0.2) is 123 Å². The topological polar surface area (TPSA) is 126 Å². The third-order valence-electron chi connectivity index (χ3n) is 7.21. The summed E-state index contributed by atoms with van der Waals surface area (Å²) < 4.78 is 3.48. The van der Waals surface area contributed by atoms with Gasteiger partial charge in [0.15, 0.2) is 0 Å². The van der Waals surface area contributed by atoms with Crippen LogP contribution in [-0.2, 0) is 0 Å². The van der Waals surface area contributed by atoms with Crippen molar-refractivity contribution in [1.82, 2.24) is 30.7 Å². The summed E-state index contributed by atoms with van der Waals surface area (Å²) in [6, 6.07) is 31.0. The van der Waals surface area contributed by atoms with Crippen LogP contribution in [0, 0.1) is 6.92 Å². The number of aryl methyl sites for hydroxylation is 1. The number of benzene rings is 3. The number of nitrogens with one attached hydrogen (secondary N) is 2. The van der Waals surface area contributed by atoms with E-state index in [1.807, 2.05) is 67.1 Å². The molecule has 2 N–H and O–H groups in total. The fraction of sp³-hybridized carbons (Fsp3) is 0.219. The number of hydrazone groups is 1. The van der Waals surface area contributed by atoms with Crippen molar-refractivity contribution < 1.29 is 9.43 Å². The number of hydrogen-bond acceptors (Lipinski definition) is 10. The maximum atomic E-state index is 13.7. The molecule has 1 aliphatic heterocycles. The molecular weight excluding hydrogens is 638 g/mol. The summed E-state index contributed by atoms with van der Waals surface area (Å²) in [6.07, 6.45) is 4.38. The summed E-state index contributed by atoms with van der Waals surface area (Å²) >= 11 is 2.56. The summed E-state index contributed by atoms with van der Waals surface area (Å²) in [4.78, 5) is 13.6. The first-order valence-corrected chi connectivity index (χ1v) is 18.8. The maximum Gasteiger partial charge on any atom is 0.433 e. The zero-order valence-electron chi connectivity index (χ0n) is 26.3. The fourth-order valence-electron chi connectivity index (χ4n) is 5.11. The van der Waals surface area contributed by atoms with Crippen LogP contribution < -0.4 is 37.4 Å². The number of thioether (sulfide) groups is 2. The Morgan fingerprint density at radius 2 is 1.46 bits per heavy atom. The zero-order valence-corrected chi connectivity index (χ0v) is 28.8. The van der Waals surface area contributed by atoms with Crippen LogP contribution in [0.1, 0.15) is 26.0 Å². The average Bonchev–Trinajstić information content (AvgIpc) is 3.10. The Morgan fingerprint density at radius 1 is 0.913 bits per heavy atom. The zero-order chi connectivity index (χ0) is 32.7. The van der Waals surface area contributed by atoms with Crippen LogP contribution in [0.5, 0.6) is 0 Å². The Bertz CT molecular complexity index is 1790. The van der Waals surface area contributed by atoms with E-state index in [0.717, 1.165) is 22.3 Å². The summed E-state index contributed by atoms with van der Waals surface area (Å²) in [5.74, 6) is -0.0469. The molecule has 238 valence electrons. The number of hydrogen-bond donors (Lipinski definition) is 2. The van der Waals surface area contributed by atoms with Gasteiger partial charge in [-0.25, -0.2) is 4.33 Å². The van der Waals surface area contributed by atoms with E-state index < -0.39 is 12.6 Å². The summed E-state index contributed by atoms with van der Waals surface area (Å²) in [5.41, 5.74) is 6.28. The average molecular weight is 674 g/mol. The van der Waals surface area contributed by atoms with Crippen molar-refractivity contribution in [3.63, 3.8) is 0 Å². The summed E-state index contributed by atoms with van der Waals surface area (Å²) in [7, 11) is -2.78. The first kappa shape index (κ1) is 33.1. The number of rotatable bonds is 8. The van der Waals surface area contributed by atoms with Gasteiger partial charge in [0.25, 0.3) is 0 Å². The molecule has 0 fully saturated rings. The predicted molar refractivity (Wildman–Crippen MR) is 188 cm³/mol. The lowest BCUT2D eigenvalue weighted by Gasteiger charge is -2.35. The van der Waals surface area contributed by atoms with Gasteiger partial charge in [0.05, 0.1) is 13.6 Å². The second-order valence-corrected chi connectivity index (χ2v) is 15.0. The smallest absolute Gasteiger partial charge is 0.433 e. The van der Waals surface area contributed by atoms with Crippen LogP contribution in [0.25, 0.3) is 0 Å². The standard InChI is InChI=1S/C32H36N9O2PS2/c1-6-22-39(44(25-16-10-7-11-17-25,26-18-12-8-13-19-26)27-20-14-9-15-21-27)30(37-40-28(42)23(2)33-35-31(40)45-4)38-41-29(43)24(3)34-36-32(41)46-5/h7-21H,6,22H2,1-5H3,(H2-,33,34,37,38,42,43). The molecule has 11 nitrogen and oxygen atoms in total. The molecule has 46 heavy (non-hydrogen) atoms. The lowest BCUT2D eigenvalue weighted by atomic mass is 10.4. The van der Waals surface area contributed by atoms with Gasteiger partial charge in [-0.15, -0.1) is 20.0 Å². The van der Waals surface area contributed by atoms with Gasteiger partial charge >= 0.3 is 11.5 Å². The Labute approximate surface area is 277 Å². The highest BCUT2D eigenvalue weighted by atomic mass is 32.2. The van der Waals surface area contributed by atoms with E-state index in [0.29, 0.717) is 22.6 Å². The number of guanidine groups is 1. The highest BCUT2D eigenvalue weighted by Gasteiger charge is 2.37. The Kier molecular flexibility index (Phi) is 10.7. The van der Waals surface area contributed by atoms with Crippen molar-refractivity contribution in [2.45, 2.75) is 32.3 Å². The third kappa shape index (κ3) is 6.35. The van der Waals surface area contributed by atoms with Crippen molar-refractivity contribution in [3.05, 3.63) is 119 Å². The first-order chi connectivity index (χ1) is 22.4. The Hall–Kier alpha value is -4.32. The summed E-state index contributed by atoms with van der Waals surface area (Å²) in [5, 5.41) is 36.7. The normalized spacial score (nSPS) is 13.7. The summed E-state index contributed by atoms with van der Waals surface area (Å²) in [6.45, 7) is 5.89. The molecule has 0 amide bonds. The molecule has 0 bridgehead atoms. The van der Waals surface area contributed by atoms with Gasteiger partial charge in [0, 0.05) is 32.6 Å². The largest absolute Gasteiger partial charge is 0.856 e. The van der Waals surface area contributed by atoms with Crippen LogP contribution in [0.2, 0.25) is 0 Å². The van der Waals surface area contributed by atoms with Crippen LogP contribution in [0.3, 0.4) is 0 Å². The maximum absolute atomic E-state index is 13.7. The molecule has 1 aromatic heterocycles. The van der Waals surface area contributed by atoms with Crippen LogP contribution >= 0.6 is 30.6 Å². The Morgan fingerprint density at radius 3 is 1.93 bits per heavy atom. The van der Waals surface area contributed by atoms with E-state index in [1.165, 1.54) is 33.2 Å². The molecule has 0 radical (unpaired) electrons. The lowest BCUT2D eigenvalue weighted by Crippen LogP contribution is -2.54. The minimum atomic E-state index is -2.78. The van der Waals surface area contributed by atoms with E-state index >= 15 is 0 Å². The highest BCUT2D eigenvalue weighted by molar-refractivity contribution is 8.13. The van der Waals surface area contributed by atoms with Crippen molar-refractivity contribution in [2.24, 2.45) is 10.2 Å². The van der Waals surface area contributed by atoms with Gasteiger partial charge in [-0.1, -0.05) is 121 Å². The van der Waals surface area contributed by atoms with Crippen molar-refractivity contribution >= 4 is 57.6 Å². The van der Waals surface area contributed by atoms with Gasteiger partial charge in [0.2, 0.25) is 10.3 Å². The van der Waals surface area contributed by atoms with E-state index in [9.17, 15) is 9.90 Å².